The summed E-state index contributed by atoms with van der Waals surface area (Å²) in [6.45, 7) is 0.760. The normalized spacial score (nSPS) is 13.0. The van der Waals surface area contributed by atoms with E-state index in [1.54, 1.807) is 30.5 Å². The molecule has 0 amide bonds. The number of methoxy groups -OCH3 is 1. The first kappa shape index (κ1) is 21.8. The van der Waals surface area contributed by atoms with Crippen molar-refractivity contribution in [1.82, 2.24) is 4.98 Å². The van der Waals surface area contributed by atoms with Gasteiger partial charge >= 0.3 is 5.97 Å². The Morgan fingerprint density at radius 3 is 2.42 bits per heavy atom. The molecule has 31 heavy (non-hydrogen) atoms. The summed E-state index contributed by atoms with van der Waals surface area (Å²) in [6, 6.07) is 17.0. The van der Waals surface area contributed by atoms with Crippen LogP contribution in [0.1, 0.15) is 44.8 Å². The Morgan fingerprint density at radius 2 is 1.81 bits per heavy atom. The largest absolute Gasteiger partial charge is 0.465 e. The van der Waals surface area contributed by atoms with Gasteiger partial charge in [-0.2, -0.15) is 0 Å². The number of ketones is 1. The molecule has 0 spiro atoms. The van der Waals surface area contributed by atoms with E-state index in [-0.39, 0.29) is 5.78 Å². The molecule has 0 bridgehead atoms. The van der Waals surface area contributed by atoms with Gasteiger partial charge in [0.2, 0.25) is 5.78 Å². The van der Waals surface area contributed by atoms with Gasteiger partial charge < -0.3 is 9.64 Å². The van der Waals surface area contributed by atoms with Crippen molar-refractivity contribution in [3.05, 3.63) is 91.8 Å². The van der Waals surface area contributed by atoms with Gasteiger partial charge in [0.25, 0.3) is 0 Å². The highest BCUT2D eigenvalue weighted by atomic mass is 127. The van der Waals surface area contributed by atoms with E-state index in [0.717, 1.165) is 33.7 Å². The monoisotopic (exact) mass is 546 g/mol. The lowest BCUT2D eigenvalue weighted by atomic mass is 10.0. The molecule has 2 aromatic carbocycles. The summed E-state index contributed by atoms with van der Waals surface area (Å²) in [5, 5.41) is 0.720. The van der Waals surface area contributed by atoms with Crippen molar-refractivity contribution in [3.63, 3.8) is 0 Å². The van der Waals surface area contributed by atoms with Crippen molar-refractivity contribution in [2.45, 2.75) is 25.4 Å². The quantitative estimate of drug-likeness (QED) is 0.222. The van der Waals surface area contributed by atoms with Crippen LogP contribution in [0.15, 0.2) is 60.8 Å². The second kappa shape index (κ2) is 9.36. The first-order chi connectivity index (χ1) is 14.9. The third kappa shape index (κ3) is 5.25. The van der Waals surface area contributed by atoms with E-state index in [1.165, 1.54) is 12.7 Å². The van der Waals surface area contributed by atoms with E-state index in [1.807, 2.05) is 30.3 Å². The second-order valence-corrected chi connectivity index (χ2v) is 9.12. The van der Waals surface area contributed by atoms with Crippen molar-refractivity contribution in [2.24, 2.45) is 0 Å². The van der Waals surface area contributed by atoms with Crippen LogP contribution in [-0.2, 0) is 11.3 Å². The molecule has 1 saturated carbocycles. The summed E-state index contributed by atoms with van der Waals surface area (Å²) in [6.07, 6.45) is 4.04. The zero-order valence-corrected chi connectivity index (χ0v) is 19.8. The van der Waals surface area contributed by atoms with E-state index in [4.69, 9.17) is 16.3 Å². The number of anilines is 1. The highest BCUT2D eigenvalue weighted by molar-refractivity contribution is 14.1. The molecule has 0 aliphatic heterocycles. The minimum atomic E-state index is -0.474. The number of carbonyl (C=O) groups is 2. The molecule has 0 atom stereocenters. The first-order valence-corrected chi connectivity index (χ1v) is 11.3. The van der Waals surface area contributed by atoms with Crippen molar-refractivity contribution in [3.8, 4) is 0 Å². The van der Waals surface area contributed by atoms with Crippen molar-refractivity contribution >= 4 is 51.6 Å². The van der Waals surface area contributed by atoms with Crippen LogP contribution >= 0.6 is 34.2 Å². The molecule has 1 aromatic heterocycles. The van der Waals surface area contributed by atoms with Crippen LogP contribution in [0, 0.1) is 3.57 Å². The molecule has 1 aliphatic rings. The molecule has 0 saturated heterocycles. The number of hydrogen-bond acceptors (Lipinski definition) is 5. The minimum absolute atomic E-state index is 0.231. The number of nitrogens with zero attached hydrogens (tertiary/aromatic N) is 2. The van der Waals surface area contributed by atoms with Gasteiger partial charge in [-0.15, -0.1) is 0 Å². The minimum Gasteiger partial charge on any atom is -0.465 e. The van der Waals surface area contributed by atoms with Gasteiger partial charge in [-0.25, -0.2) is 4.79 Å². The molecule has 1 fully saturated rings. The second-order valence-electron chi connectivity index (χ2n) is 7.44. The number of benzene rings is 2. The number of hydrogen-bond donors (Lipinski definition) is 0. The van der Waals surface area contributed by atoms with Gasteiger partial charge in [0, 0.05) is 26.7 Å². The smallest absolute Gasteiger partial charge is 0.337 e. The number of carbonyl (C=O) groups excluding carboxylic acids is 2. The van der Waals surface area contributed by atoms with E-state index < -0.39 is 5.97 Å². The summed E-state index contributed by atoms with van der Waals surface area (Å²) in [4.78, 5) is 31.6. The Kier molecular flexibility index (Phi) is 6.57. The fourth-order valence-corrected chi connectivity index (χ4v) is 4.20. The Labute approximate surface area is 199 Å². The molecule has 4 rings (SSSR count). The Morgan fingerprint density at radius 1 is 1.10 bits per heavy atom. The number of esters is 1. The van der Waals surface area contributed by atoms with Crippen LogP contribution in [0.25, 0.3) is 0 Å². The number of ether oxygens (including phenoxy) is 1. The molecule has 1 aliphatic carbocycles. The zero-order valence-electron chi connectivity index (χ0n) is 16.8. The standard InChI is InChI=1S/C24H20ClIN2O3/c1-31-24(30)17-10-16(11-19(26)12-17)23(29)22-9-8-21(13-27-22)28(20-6-7-20)14-15-2-4-18(25)5-3-15/h2-5,8-13,20H,6-7,14H2,1H3. The third-order valence-electron chi connectivity index (χ3n) is 5.15. The Bertz CT molecular complexity index is 1110. The number of rotatable bonds is 7. The molecule has 3 aromatic rings. The average Bonchev–Trinajstić information content (AvgIpc) is 3.62. The molecule has 0 radical (unpaired) electrons. The lowest BCUT2D eigenvalue weighted by Gasteiger charge is -2.24. The predicted molar refractivity (Wildman–Crippen MR) is 129 cm³/mol. The van der Waals surface area contributed by atoms with E-state index in [2.05, 4.69) is 32.5 Å². The SMILES string of the molecule is COC(=O)c1cc(I)cc(C(=O)c2ccc(N(Cc3ccc(Cl)cc3)C3CC3)cn2)c1. The van der Waals surface area contributed by atoms with E-state index in [9.17, 15) is 9.59 Å². The summed E-state index contributed by atoms with van der Waals surface area (Å²) in [7, 11) is 1.32. The first-order valence-electron chi connectivity index (χ1n) is 9.85. The highest BCUT2D eigenvalue weighted by Gasteiger charge is 2.29. The topological polar surface area (TPSA) is 59.5 Å². The number of halogens is 2. The van der Waals surface area contributed by atoms with Gasteiger partial charge in [0.1, 0.15) is 5.69 Å². The highest BCUT2D eigenvalue weighted by Crippen LogP contribution is 2.33. The Balaban J connectivity index is 1.55. The summed E-state index contributed by atoms with van der Waals surface area (Å²) < 4.78 is 5.56. The van der Waals surface area contributed by atoms with Crippen LogP contribution in [-0.4, -0.2) is 29.9 Å². The summed E-state index contributed by atoms with van der Waals surface area (Å²) >= 11 is 8.08. The maximum atomic E-state index is 13.0. The van der Waals surface area contributed by atoms with Crippen molar-refractivity contribution in [1.29, 1.82) is 0 Å². The number of pyridine rings is 1. The molecule has 0 N–H and O–H groups in total. The lowest BCUT2D eigenvalue weighted by molar-refractivity contribution is 0.0600. The van der Waals surface area contributed by atoms with Crippen LogP contribution in [0.2, 0.25) is 5.02 Å². The fourth-order valence-electron chi connectivity index (χ4n) is 3.40. The van der Waals surface area contributed by atoms with E-state index >= 15 is 0 Å². The van der Waals surface area contributed by atoms with Gasteiger partial charge in [-0.3, -0.25) is 9.78 Å². The molecular formula is C24H20ClIN2O3. The van der Waals surface area contributed by atoms with Gasteiger partial charge in [-0.05, 0) is 83.5 Å². The van der Waals surface area contributed by atoms with Gasteiger partial charge in [-0.1, -0.05) is 23.7 Å². The van der Waals surface area contributed by atoms with Crippen LogP contribution in [0.4, 0.5) is 5.69 Å². The summed E-state index contributed by atoms with van der Waals surface area (Å²) in [5.74, 6) is -0.705. The van der Waals surface area contributed by atoms with Gasteiger partial charge in [0.15, 0.2) is 0 Å². The molecule has 1 heterocycles. The molecule has 158 valence electrons. The van der Waals surface area contributed by atoms with Crippen molar-refractivity contribution < 1.29 is 14.3 Å². The number of aromatic nitrogens is 1. The lowest BCUT2D eigenvalue weighted by Crippen LogP contribution is -2.25. The van der Waals surface area contributed by atoms with Gasteiger partial charge in [0.05, 0.1) is 24.6 Å². The zero-order chi connectivity index (χ0) is 22.0. The van der Waals surface area contributed by atoms with E-state index in [0.29, 0.717) is 22.9 Å². The molecular weight excluding hydrogens is 527 g/mol. The predicted octanol–water partition coefficient (Wildman–Crippen LogP) is 5.53. The van der Waals surface area contributed by atoms with Crippen LogP contribution < -0.4 is 4.90 Å². The molecule has 0 unspecified atom stereocenters. The maximum Gasteiger partial charge on any atom is 0.337 e. The molecule has 7 heteroatoms. The molecule has 5 nitrogen and oxygen atoms in total. The average molecular weight is 547 g/mol. The van der Waals surface area contributed by atoms with Crippen LogP contribution in [0.3, 0.4) is 0 Å². The fraction of sp³-hybridized carbons (Fsp3) is 0.208. The third-order valence-corrected chi connectivity index (χ3v) is 6.02. The summed E-state index contributed by atoms with van der Waals surface area (Å²) in [5.41, 5.74) is 3.24. The van der Waals surface area contributed by atoms with Crippen molar-refractivity contribution in [2.75, 3.05) is 12.0 Å². The Hall–Kier alpha value is -2.45. The van der Waals surface area contributed by atoms with Crippen LogP contribution in [0.5, 0.6) is 0 Å². The maximum absolute atomic E-state index is 13.0.